The van der Waals surface area contributed by atoms with Gasteiger partial charge in [0.05, 0.1) is 5.75 Å². The van der Waals surface area contributed by atoms with Crippen LogP contribution in [0.4, 0.5) is 5.95 Å². The zero-order valence-electron chi connectivity index (χ0n) is 10.8. The minimum Gasteiger partial charge on any atom is -0.481 e. The number of nitrogens with zero attached hydrogens (tertiary/aromatic N) is 4. The molecule has 1 rings (SSSR count). The molecule has 0 aliphatic heterocycles. The lowest BCUT2D eigenvalue weighted by atomic mass is 10.4. The Morgan fingerprint density at radius 3 is 2.89 bits per heavy atom. The van der Waals surface area contributed by atoms with E-state index in [1.165, 1.54) is 0 Å². The van der Waals surface area contributed by atoms with Gasteiger partial charge in [0.1, 0.15) is 0 Å². The van der Waals surface area contributed by atoms with Crippen molar-refractivity contribution in [3.63, 3.8) is 0 Å². The van der Waals surface area contributed by atoms with Gasteiger partial charge < -0.3 is 14.7 Å². The van der Waals surface area contributed by atoms with E-state index in [4.69, 9.17) is 9.84 Å². The van der Waals surface area contributed by atoms with Gasteiger partial charge in [0.25, 0.3) is 0 Å². The Labute approximate surface area is 110 Å². The van der Waals surface area contributed by atoms with Crippen LogP contribution in [-0.2, 0) is 16.6 Å². The summed E-state index contributed by atoms with van der Waals surface area (Å²) in [5.41, 5.74) is 0. The molecule has 1 N–H and O–H groups in total. The van der Waals surface area contributed by atoms with Crippen LogP contribution in [0.5, 0.6) is 0 Å². The Balaban J connectivity index is 2.58. The van der Waals surface area contributed by atoms with Crippen molar-refractivity contribution in [1.82, 2.24) is 14.8 Å². The molecule has 1 heterocycles. The minimum atomic E-state index is -0.863. The summed E-state index contributed by atoms with van der Waals surface area (Å²) in [6.45, 7) is 1.51. The summed E-state index contributed by atoms with van der Waals surface area (Å²) in [4.78, 5) is 12.5. The van der Waals surface area contributed by atoms with Crippen LogP contribution < -0.4 is 4.90 Å². The minimum absolute atomic E-state index is 0.0145. The third kappa shape index (κ3) is 4.19. The number of carbonyl (C=O) groups is 1. The molecule has 0 unspecified atom stereocenters. The number of carboxylic acid groups (broad SMARTS) is 1. The first-order chi connectivity index (χ1) is 8.56. The van der Waals surface area contributed by atoms with Gasteiger partial charge in [0, 0.05) is 34.4 Å². The molecule has 0 bridgehead atoms. The molecule has 1 aromatic heterocycles. The van der Waals surface area contributed by atoms with Crippen LogP contribution in [0.25, 0.3) is 0 Å². The molecular weight excluding hydrogens is 256 g/mol. The first-order valence-electron chi connectivity index (χ1n) is 5.50. The molecular formula is C10H18N4O3S. The third-order valence-corrected chi connectivity index (χ3v) is 3.33. The van der Waals surface area contributed by atoms with Crippen molar-refractivity contribution in [2.75, 3.05) is 38.0 Å². The quantitative estimate of drug-likeness (QED) is 0.545. The average molecular weight is 274 g/mol. The van der Waals surface area contributed by atoms with Crippen molar-refractivity contribution >= 4 is 23.7 Å². The standard InChI is InChI=1S/C10H18N4O3S/c1-13(5-4-6-17-3)9-11-12-10(14(9)2)18-7-8(15)16/h4-7H2,1-3H3,(H,15,16). The number of aromatic nitrogens is 3. The predicted octanol–water partition coefficient (Wildman–Crippen LogP) is 0.464. The molecule has 0 aliphatic carbocycles. The monoisotopic (exact) mass is 274 g/mol. The van der Waals surface area contributed by atoms with Crippen molar-refractivity contribution in [1.29, 1.82) is 0 Å². The number of methoxy groups -OCH3 is 1. The van der Waals surface area contributed by atoms with E-state index in [0.717, 1.165) is 30.7 Å². The second-order valence-electron chi connectivity index (χ2n) is 3.79. The number of anilines is 1. The number of ether oxygens (including phenoxy) is 1. The molecule has 7 nitrogen and oxygen atoms in total. The highest BCUT2D eigenvalue weighted by molar-refractivity contribution is 7.99. The van der Waals surface area contributed by atoms with Crippen LogP contribution in [0.1, 0.15) is 6.42 Å². The molecule has 18 heavy (non-hydrogen) atoms. The first kappa shape index (κ1) is 14.8. The van der Waals surface area contributed by atoms with Crippen molar-refractivity contribution in [3.05, 3.63) is 0 Å². The zero-order chi connectivity index (χ0) is 13.5. The first-order valence-corrected chi connectivity index (χ1v) is 6.49. The smallest absolute Gasteiger partial charge is 0.313 e. The molecule has 0 aromatic carbocycles. The molecule has 0 saturated heterocycles. The fourth-order valence-corrected chi connectivity index (χ4v) is 2.06. The van der Waals surface area contributed by atoms with Gasteiger partial charge in [-0.25, -0.2) is 0 Å². The molecule has 1 aromatic rings. The van der Waals surface area contributed by atoms with Crippen LogP contribution in [0.15, 0.2) is 5.16 Å². The SMILES string of the molecule is COCCCN(C)c1nnc(SCC(=O)O)n1C. The van der Waals surface area contributed by atoms with Crippen molar-refractivity contribution in [2.24, 2.45) is 7.05 Å². The van der Waals surface area contributed by atoms with Gasteiger partial charge in [-0.3, -0.25) is 9.36 Å². The van der Waals surface area contributed by atoms with E-state index in [9.17, 15) is 4.79 Å². The predicted molar refractivity (Wildman–Crippen MR) is 69.1 cm³/mol. The Hall–Kier alpha value is -1.28. The van der Waals surface area contributed by atoms with E-state index >= 15 is 0 Å². The zero-order valence-corrected chi connectivity index (χ0v) is 11.6. The highest BCUT2D eigenvalue weighted by Crippen LogP contribution is 2.19. The maximum atomic E-state index is 10.5. The normalized spacial score (nSPS) is 10.6. The van der Waals surface area contributed by atoms with Crippen molar-refractivity contribution < 1.29 is 14.6 Å². The molecule has 0 spiro atoms. The third-order valence-electron chi connectivity index (χ3n) is 2.32. The van der Waals surface area contributed by atoms with Crippen molar-refractivity contribution in [3.8, 4) is 0 Å². The summed E-state index contributed by atoms with van der Waals surface area (Å²) in [7, 11) is 5.42. The molecule has 0 saturated carbocycles. The van der Waals surface area contributed by atoms with E-state index in [0.29, 0.717) is 11.8 Å². The summed E-state index contributed by atoms with van der Waals surface area (Å²) < 4.78 is 6.78. The maximum Gasteiger partial charge on any atom is 0.313 e. The molecule has 0 aliphatic rings. The van der Waals surface area contributed by atoms with Gasteiger partial charge in [0.15, 0.2) is 5.16 Å². The van der Waals surface area contributed by atoms with Crippen LogP contribution in [0.2, 0.25) is 0 Å². The van der Waals surface area contributed by atoms with Gasteiger partial charge in [0.2, 0.25) is 5.95 Å². The van der Waals surface area contributed by atoms with Gasteiger partial charge in [-0.15, -0.1) is 10.2 Å². The van der Waals surface area contributed by atoms with Gasteiger partial charge in [-0.05, 0) is 6.42 Å². The fourth-order valence-electron chi connectivity index (χ4n) is 1.44. The van der Waals surface area contributed by atoms with Crippen molar-refractivity contribution in [2.45, 2.75) is 11.6 Å². The summed E-state index contributed by atoms with van der Waals surface area (Å²) >= 11 is 1.16. The number of thioether (sulfide) groups is 1. The number of carboxylic acids is 1. The molecule has 102 valence electrons. The van der Waals surface area contributed by atoms with E-state index in [1.54, 1.807) is 11.7 Å². The fraction of sp³-hybridized carbons (Fsp3) is 0.700. The number of rotatable bonds is 8. The van der Waals surface area contributed by atoms with Crippen LogP contribution in [0.3, 0.4) is 0 Å². The van der Waals surface area contributed by atoms with Crippen LogP contribution >= 0.6 is 11.8 Å². The Bertz CT molecular complexity index is 396. The van der Waals surface area contributed by atoms with Gasteiger partial charge in [-0.1, -0.05) is 11.8 Å². The molecule has 0 radical (unpaired) electrons. The second-order valence-corrected chi connectivity index (χ2v) is 4.73. The lowest BCUT2D eigenvalue weighted by Crippen LogP contribution is -2.23. The van der Waals surface area contributed by atoms with Gasteiger partial charge >= 0.3 is 5.97 Å². The maximum absolute atomic E-state index is 10.5. The Kier molecular flexibility index (Phi) is 5.93. The summed E-state index contributed by atoms with van der Waals surface area (Å²) in [6, 6.07) is 0. The topological polar surface area (TPSA) is 80.5 Å². The lowest BCUT2D eigenvalue weighted by molar-refractivity contribution is -0.133. The summed E-state index contributed by atoms with van der Waals surface area (Å²) in [5, 5.41) is 17.3. The molecule has 0 fully saturated rings. The Morgan fingerprint density at radius 2 is 2.28 bits per heavy atom. The number of hydrogen-bond acceptors (Lipinski definition) is 6. The van der Waals surface area contributed by atoms with E-state index in [2.05, 4.69) is 10.2 Å². The largest absolute Gasteiger partial charge is 0.481 e. The summed E-state index contributed by atoms with van der Waals surface area (Å²) in [5.74, 6) is -0.156. The molecule has 0 atom stereocenters. The molecule has 0 amide bonds. The Morgan fingerprint density at radius 1 is 1.56 bits per heavy atom. The highest BCUT2D eigenvalue weighted by atomic mass is 32.2. The van der Waals surface area contributed by atoms with E-state index < -0.39 is 5.97 Å². The number of aliphatic carboxylic acids is 1. The van der Waals surface area contributed by atoms with E-state index in [1.807, 2.05) is 19.0 Å². The van der Waals surface area contributed by atoms with Gasteiger partial charge in [-0.2, -0.15) is 0 Å². The second kappa shape index (κ2) is 7.22. The number of hydrogen-bond donors (Lipinski definition) is 1. The lowest BCUT2D eigenvalue weighted by Gasteiger charge is -2.17. The van der Waals surface area contributed by atoms with Crippen LogP contribution in [-0.4, -0.2) is 58.9 Å². The van der Waals surface area contributed by atoms with E-state index in [-0.39, 0.29) is 5.75 Å². The highest BCUT2D eigenvalue weighted by Gasteiger charge is 2.13. The molecule has 8 heteroatoms. The van der Waals surface area contributed by atoms with Crippen LogP contribution in [0, 0.1) is 0 Å². The summed E-state index contributed by atoms with van der Waals surface area (Å²) in [6.07, 6.45) is 0.900. The average Bonchev–Trinajstić information content (AvgIpc) is 2.68.